The predicted octanol–water partition coefficient (Wildman–Crippen LogP) is 3.58. The molecule has 0 saturated carbocycles. The number of carboxylic acids is 1. The van der Waals surface area contributed by atoms with Gasteiger partial charge in [-0.05, 0) is 12.5 Å². The van der Waals surface area contributed by atoms with E-state index in [1.807, 2.05) is 0 Å². The second-order valence-electron chi connectivity index (χ2n) is 5.71. The average Bonchev–Trinajstić information content (AvgIpc) is 2.64. The van der Waals surface area contributed by atoms with Crippen molar-refractivity contribution in [2.75, 3.05) is 0 Å². The molecule has 1 N–H and O–H groups in total. The van der Waals surface area contributed by atoms with Gasteiger partial charge in [-0.15, -0.1) is 0 Å². The monoisotopic (exact) mass is 349 g/mol. The Kier molecular flexibility index (Phi) is 4.70. The van der Waals surface area contributed by atoms with E-state index < -0.39 is 16.8 Å². The molecule has 0 amide bonds. The SMILES string of the molecule is Cc1ncnc(-c2cccc([N+](=O)[O-])c2)c1C(C(=O)O)c1ccccc1. The van der Waals surface area contributed by atoms with Crippen LogP contribution >= 0.6 is 0 Å². The highest BCUT2D eigenvalue weighted by molar-refractivity contribution is 5.84. The lowest BCUT2D eigenvalue weighted by atomic mass is 9.87. The molecular formula is C19H15N3O4. The summed E-state index contributed by atoms with van der Waals surface area (Å²) in [6.45, 7) is 1.71. The number of hydrogen-bond donors (Lipinski definition) is 1. The van der Waals surface area contributed by atoms with Crippen LogP contribution in [0.5, 0.6) is 0 Å². The molecule has 0 aliphatic carbocycles. The summed E-state index contributed by atoms with van der Waals surface area (Å²) in [4.78, 5) is 31.0. The molecule has 3 aromatic rings. The van der Waals surface area contributed by atoms with E-state index in [2.05, 4.69) is 9.97 Å². The van der Waals surface area contributed by atoms with Gasteiger partial charge in [-0.2, -0.15) is 0 Å². The van der Waals surface area contributed by atoms with Gasteiger partial charge < -0.3 is 5.11 Å². The van der Waals surface area contributed by atoms with Crippen molar-refractivity contribution in [1.82, 2.24) is 9.97 Å². The molecular weight excluding hydrogens is 334 g/mol. The summed E-state index contributed by atoms with van der Waals surface area (Å²) in [6.07, 6.45) is 1.33. The number of benzene rings is 2. The van der Waals surface area contributed by atoms with Crippen molar-refractivity contribution in [2.45, 2.75) is 12.8 Å². The molecule has 7 heteroatoms. The molecule has 2 aromatic carbocycles. The second kappa shape index (κ2) is 7.10. The van der Waals surface area contributed by atoms with E-state index in [1.165, 1.54) is 18.5 Å². The lowest BCUT2D eigenvalue weighted by molar-refractivity contribution is -0.384. The third kappa shape index (κ3) is 3.27. The van der Waals surface area contributed by atoms with Crippen LogP contribution in [0, 0.1) is 17.0 Å². The number of nitrogens with zero attached hydrogens (tertiary/aromatic N) is 3. The Bertz CT molecular complexity index is 974. The molecule has 1 aromatic heterocycles. The summed E-state index contributed by atoms with van der Waals surface area (Å²) in [5, 5.41) is 20.9. The van der Waals surface area contributed by atoms with E-state index in [-0.39, 0.29) is 5.69 Å². The van der Waals surface area contributed by atoms with Gasteiger partial charge in [-0.25, -0.2) is 9.97 Å². The van der Waals surface area contributed by atoms with E-state index in [0.717, 1.165) is 0 Å². The first kappa shape index (κ1) is 17.2. The standard InChI is InChI=1S/C19H15N3O4/c1-12-16(17(19(23)24)13-6-3-2-4-7-13)18(21-11-20-12)14-8-5-9-15(10-14)22(25)26/h2-11,17H,1H3,(H,23,24). The van der Waals surface area contributed by atoms with Crippen LogP contribution in [0.15, 0.2) is 60.9 Å². The number of nitro groups is 1. The summed E-state index contributed by atoms with van der Waals surface area (Å²) in [5.74, 6) is -2.02. The van der Waals surface area contributed by atoms with Gasteiger partial charge in [0.15, 0.2) is 0 Å². The van der Waals surface area contributed by atoms with E-state index in [9.17, 15) is 20.0 Å². The van der Waals surface area contributed by atoms with E-state index >= 15 is 0 Å². The number of non-ortho nitro benzene ring substituents is 1. The quantitative estimate of drug-likeness (QED) is 0.557. The zero-order valence-corrected chi connectivity index (χ0v) is 13.9. The molecule has 0 aliphatic heterocycles. The average molecular weight is 349 g/mol. The number of aliphatic carboxylic acids is 1. The normalized spacial score (nSPS) is 11.7. The summed E-state index contributed by atoms with van der Waals surface area (Å²) >= 11 is 0. The topological polar surface area (TPSA) is 106 Å². The highest BCUT2D eigenvalue weighted by atomic mass is 16.6. The first-order valence-corrected chi connectivity index (χ1v) is 7.83. The third-order valence-electron chi connectivity index (χ3n) is 4.08. The van der Waals surface area contributed by atoms with Crippen LogP contribution in [0.2, 0.25) is 0 Å². The minimum absolute atomic E-state index is 0.0868. The number of hydrogen-bond acceptors (Lipinski definition) is 5. The van der Waals surface area contributed by atoms with E-state index in [1.54, 1.807) is 49.4 Å². The zero-order chi connectivity index (χ0) is 18.7. The minimum atomic E-state index is -1.04. The fourth-order valence-corrected chi connectivity index (χ4v) is 2.90. The van der Waals surface area contributed by atoms with Crippen LogP contribution < -0.4 is 0 Å². The molecule has 1 atom stereocenters. The fraction of sp³-hybridized carbons (Fsp3) is 0.105. The summed E-state index contributed by atoms with van der Waals surface area (Å²) in [6, 6.07) is 14.8. The summed E-state index contributed by atoms with van der Waals surface area (Å²) in [5.41, 5.74) is 2.28. The number of carbonyl (C=O) groups is 1. The highest BCUT2D eigenvalue weighted by Crippen LogP contribution is 2.34. The summed E-state index contributed by atoms with van der Waals surface area (Å²) < 4.78 is 0. The van der Waals surface area contributed by atoms with Gasteiger partial charge in [0, 0.05) is 29.0 Å². The van der Waals surface area contributed by atoms with Crippen molar-refractivity contribution in [3.8, 4) is 11.3 Å². The number of rotatable bonds is 5. The van der Waals surface area contributed by atoms with Crippen molar-refractivity contribution in [2.24, 2.45) is 0 Å². The van der Waals surface area contributed by atoms with Crippen molar-refractivity contribution >= 4 is 11.7 Å². The number of nitro benzene ring substituents is 1. The lowest BCUT2D eigenvalue weighted by Crippen LogP contribution is -2.17. The zero-order valence-electron chi connectivity index (χ0n) is 13.9. The largest absolute Gasteiger partial charge is 0.481 e. The predicted molar refractivity (Wildman–Crippen MR) is 94.8 cm³/mol. The van der Waals surface area contributed by atoms with Crippen LogP contribution in [0.25, 0.3) is 11.3 Å². The third-order valence-corrected chi connectivity index (χ3v) is 4.08. The Hall–Kier alpha value is -3.61. The first-order chi connectivity index (χ1) is 12.5. The van der Waals surface area contributed by atoms with Crippen LogP contribution in [0.1, 0.15) is 22.7 Å². The number of aryl methyl sites for hydroxylation is 1. The van der Waals surface area contributed by atoms with Crippen molar-refractivity contribution < 1.29 is 14.8 Å². The molecule has 0 fully saturated rings. The van der Waals surface area contributed by atoms with Crippen LogP contribution in [-0.4, -0.2) is 26.0 Å². The Balaban J connectivity index is 2.24. The highest BCUT2D eigenvalue weighted by Gasteiger charge is 2.28. The van der Waals surface area contributed by atoms with E-state index in [0.29, 0.717) is 28.1 Å². The van der Waals surface area contributed by atoms with Crippen LogP contribution in [-0.2, 0) is 4.79 Å². The number of carboxylic acid groups (broad SMARTS) is 1. The van der Waals surface area contributed by atoms with Crippen LogP contribution in [0.3, 0.4) is 0 Å². The van der Waals surface area contributed by atoms with Gasteiger partial charge in [-0.3, -0.25) is 14.9 Å². The van der Waals surface area contributed by atoms with Crippen LogP contribution in [0.4, 0.5) is 5.69 Å². The van der Waals surface area contributed by atoms with Gasteiger partial charge in [0.05, 0.1) is 10.6 Å². The molecule has 26 heavy (non-hydrogen) atoms. The van der Waals surface area contributed by atoms with E-state index in [4.69, 9.17) is 0 Å². The molecule has 7 nitrogen and oxygen atoms in total. The molecule has 3 rings (SSSR count). The molecule has 0 bridgehead atoms. The Morgan fingerprint density at radius 2 is 1.85 bits per heavy atom. The molecule has 0 spiro atoms. The van der Waals surface area contributed by atoms with Crippen molar-refractivity contribution in [1.29, 1.82) is 0 Å². The maximum atomic E-state index is 12.0. The first-order valence-electron chi connectivity index (χ1n) is 7.83. The number of aromatic nitrogens is 2. The molecule has 0 aliphatic rings. The maximum Gasteiger partial charge on any atom is 0.315 e. The second-order valence-corrected chi connectivity index (χ2v) is 5.71. The van der Waals surface area contributed by atoms with Crippen molar-refractivity contribution in [3.63, 3.8) is 0 Å². The van der Waals surface area contributed by atoms with Gasteiger partial charge >= 0.3 is 5.97 Å². The Morgan fingerprint density at radius 3 is 2.50 bits per heavy atom. The molecule has 1 heterocycles. The molecule has 0 saturated heterocycles. The van der Waals surface area contributed by atoms with Gasteiger partial charge in [0.2, 0.25) is 0 Å². The molecule has 0 radical (unpaired) electrons. The minimum Gasteiger partial charge on any atom is -0.481 e. The Labute approximate surface area is 149 Å². The van der Waals surface area contributed by atoms with Gasteiger partial charge in [0.1, 0.15) is 12.2 Å². The molecule has 1 unspecified atom stereocenters. The lowest BCUT2D eigenvalue weighted by Gasteiger charge is -2.18. The fourth-order valence-electron chi connectivity index (χ4n) is 2.90. The molecule has 130 valence electrons. The van der Waals surface area contributed by atoms with Crippen molar-refractivity contribution in [3.05, 3.63) is 87.9 Å². The maximum absolute atomic E-state index is 12.0. The van der Waals surface area contributed by atoms with Gasteiger partial charge in [0.25, 0.3) is 5.69 Å². The van der Waals surface area contributed by atoms with Gasteiger partial charge in [-0.1, -0.05) is 42.5 Å². The smallest absolute Gasteiger partial charge is 0.315 e. The Morgan fingerprint density at radius 1 is 1.12 bits per heavy atom. The summed E-state index contributed by atoms with van der Waals surface area (Å²) in [7, 11) is 0.